The van der Waals surface area contributed by atoms with Crippen LogP contribution in [0.15, 0.2) is 0 Å². The van der Waals surface area contributed by atoms with Gasteiger partial charge in [-0.05, 0) is 13.8 Å². The number of carboxylic acid groups (broad SMARTS) is 1. The van der Waals surface area contributed by atoms with E-state index >= 15 is 0 Å². The van der Waals surface area contributed by atoms with Gasteiger partial charge in [0.1, 0.15) is 6.04 Å². The fourth-order valence-corrected chi connectivity index (χ4v) is 1.67. The van der Waals surface area contributed by atoms with Crippen LogP contribution in [0.2, 0.25) is 0 Å². The molecule has 7 heteroatoms. The monoisotopic (exact) mass is 241 g/mol. The summed E-state index contributed by atoms with van der Waals surface area (Å²) in [6.07, 6.45) is -4.46. The van der Waals surface area contributed by atoms with Crippen molar-refractivity contribution in [1.29, 1.82) is 0 Å². The minimum absolute atomic E-state index is 0.0468. The van der Waals surface area contributed by atoms with E-state index in [1.807, 2.05) is 0 Å². The van der Waals surface area contributed by atoms with Gasteiger partial charge in [-0.3, -0.25) is 9.69 Å². The van der Waals surface area contributed by atoms with Crippen molar-refractivity contribution in [2.45, 2.75) is 31.7 Å². The van der Waals surface area contributed by atoms with Crippen LogP contribution in [0.3, 0.4) is 0 Å². The van der Waals surface area contributed by atoms with E-state index in [9.17, 15) is 18.0 Å². The van der Waals surface area contributed by atoms with E-state index in [1.165, 1.54) is 18.7 Å². The first kappa shape index (κ1) is 13.2. The van der Waals surface area contributed by atoms with Gasteiger partial charge >= 0.3 is 12.1 Å². The average Bonchev–Trinajstić information content (AvgIpc) is 2.07. The molecule has 0 aliphatic carbocycles. The lowest BCUT2D eigenvalue weighted by Gasteiger charge is -2.51. The molecule has 0 aromatic heterocycles. The maximum Gasteiger partial charge on any atom is 0.419 e. The van der Waals surface area contributed by atoms with Crippen molar-refractivity contribution < 1.29 is 27.8 Å². The van der Waals surface area contributed by atoms with Gasteiger partial charge in [0.15, 0.2) is 5.60 Å². The third-order valence-corrected chi connectivity index (χ3v) is 2.76. The maximum absolute atomic E-state index is 12.7. The quantitative estimate of drug-likeness (QED) is 0.801. The highest BCUT2D eigenvalue weighted by molar-refractivity contribution is 5.73. The van der Waals surface area contributed by atoms with Gasteiger partial charge < -0.3 is 9.84 Å². The number of likely N-dealkylation sites (tertiary alicyclic amines) is 1. The van der Waals surface area contributed by atoms with Crippen LogP contribution in [0.1, 0.15) is 13.8 Å². The van der Waals surface area contributed by atoms with Gasteiger partial charge in [-0.2, -0.15) is 13.2 Å². The molecule has 0 aromatic rings. The molecule has 1 heterocycles. The Labute approximate surface area is 91.0 Å². The van der Waals surface area contributed by atoms with Gasteiger partial charge in [0.25, 0.3) is 0 Å². The van der Waals surface area contributed by atoms with Crippen molar-refractivity contribution in [3.05, 3.63) is 0 Å². The van der Waals surface area contributed by atoms with E-state index < -0.39 is 36.9 Å². The maximum atomic E-state index is 12.7. The molecule has 1 aliphatic rings. The Hall–Kier alpha value is -0.820. The second-order valence-electron chi connectivity index (χ2n) is 3.84. The molecule has 1 fully saturated rings. The van der Waals surface area contributed by atoms with Crippen molar-refractivity contribution in [2.24, 2.45) is 0 Å². The molecule has 1 rings (SSSR count). The van der Waals surface area contributed by atoms with E-state index in [2.05, 4.69) is 0 Å². The van der Waals surface area contributed by atoms with Crippen LogP contribution in [0.5, 0.6) is 0 Å². The molecule has 1 aliphatic heterocycles. The molecule has 0 spiro atoms. The summed E-state index contributed by atoms with van der Waals surface area (Å²) in [4.78, 5) is 11.8. The zero-order valence-corrected chi connectivity index (χ0v) is 9.04. The number of rotatable bonds is 4. The van der Waals surface area contributed by atoms with Crippen molar-refractivity contribution in [3.8, 4) is 0 Å². The highest BCUT2D eigenvalue weighted by Gasteiger charge is 2.64. The van der Waals surface area contributed by atoms with Gasteiger partial charge in [-0.1, -0.05) is 0 Å². The summed E-state index contributed by atoms with van der Waals surface area (Å²) < 4.78 is 42.8. The lowest BCUT2D eigenvalue weighted by molar-refractivity contribution is -0.320. The molecule has 16 heavy (non-hydrogen) atoms. The van der Waals surface area contributed by atoms with E-state index in [0.29, 0.717) is 0 Å². The van der Waals surface area contributed by atoms with Crippen LogP contribution in [0, 0.1) is 0 Å². The van der Waals surface area contributed by atoms with Crippen LogP contribution in [-0.2, 0) is 9.53 Å². The number of carboxylic acids is 1. The van der Waals surface area contributed by atoms with E-state index in [1.54, 1.807) is 0 Å². The number of hydrogen-bond acceptors (Lipinski definition) is 3. The molecular formula is C9H14F3NO3. The summed E-state index contributed by atoms with van der Waals surface area (Å²) in [6.45, 7) is 1.95. The molecule has 1 saturated heterocycles. The number of halogens is 3. The van der Waals surface area contributed by atoms with Crippen LogP contribution >= 0.6 is 0 Å². The van der Waals surface area contributed by atoms with Crippen LogP contribution in [-0.4, -0.2) is 53.5 Å². The van der Waals surface area contributed by atoms with Crippen molar-refractivity contribution >= 4 is 5.97 Å². The third-order valence-electron chi connectivity index (χ3n) is 2.76. The summed E-state index contributed by atoms with van der Waals surface area (Å²) in [5.74, 6) is -1.13. The molecule has 4 nitrogen and oxygen atoms in total. The molecule has 1 unspecified atom stereocenters. The lowest BCUT2D eigenvalue weighted by Crippen LogP contribution is -2.72. The lowest BCUT2D eigenvalue weighted by atomic mass is 9.91. The van der Waals surface area contributed by atoms with Crippen molar-refractivity contribution in [2.75, 3.05) is 19.7 Å². The van der Waals surface area contributed by atoms with Gasteiger partial charge in [0.2, 0.25) is 0 Å². The number of aliphatic carboxylic acids is 1. The zero-order chi connectivity index (χ0) is 12.6. The molecule has 94 valence electrons. The highest BCUT2D eigenvalue weighted by Crippen LogP contribution is 2.41. The topological polar surface area (TPSA) is 49.8 Å². The number of nitrogens with zero attached hydrogens (tertiary/aromatic N) is 1. The molecule has 0 amide bonds. The first-order chi connectivity index (χ1) is 7.23. The number of carbonyl (C=O) groups is 1. The summed E-state index contributed by atoms with van der Waals surface area (Å²) >= 11 is 0. The predicted octanol–water partition coefficient (Wildman–Crippen LogP) is 1.11. The van der Waals surface area contributed by atoms with E-state index in [0.717, 1.165) is 0 Å². The second-order valence-corrected chi connectivity index (χ2v) is 3.84. The summed E-state index contributed by atoms with van der Waals surface area (Å²) in [5, 5.41) is 8.66. The molecular weight excluding hydrogens is 227 g/mol. The van der Waals surface area contributed by atoms with Gasteiger partial charge in [-0.15, -0.1) is 0 Å². The Bertz CT molecular complexity index is 274. The molecule has 1 N–H and O–H groups in total. The fraction of sp³-hybridized carbons (Fsp3) is 0.889. The predicted molar refractivity (Wildman–Crippen MR) is 49.1 cm³/mol. The Kier molecular flexibility index (Phi) is 3.49. The van der Waals surface area contributed by atoms with E-state index in [4.69, 9.17) is 9.84 Å². The first-order valence-corrected chi connectivity index (χ1v) is 4.91. The smallest absolute Gasteiger partial charge is 0.419 e. The minimum Gasteiger partial charge on any atom is -0.480 e. The number of hydrogen-bond donors (Lipinski definition) is 1. The molecule has 0 aromatic carbocycles. The summed E-state index contributed by atoms with van der Waals surface area (Å²) in [5.41, 5.74) is -2.19. The SMILES string of the molecule is CCOC1(C(F)(F)F)CN(C(C)C(=O)O)C1. The normalized spacial score (nSPS) is 22.6. The average molecular weight is 241 g/mol. The van der Waals surface area contributed by atoms with E-state index in [-0.39, 0.29) is 6.61 Å². The van der Waals surface area contributed by atoms with Crippen LogP contribution < -0.4 is 0 Å². The standard InChI is InChI=1S/C9H14F3NO3/c1-3-16-8(9(10,11)12)4-13(5-8)6(2)7(14)15/h6H,3-5H2,1-2H3,(H,14,15). The first-order valence-electron chi connectivity index (χ1n) is 4.91. The van der Waals surface area contributed by atoms with Gasteiger partial charge in [0.05, 0.1) is 0 Å². The number of ether oxygens (including phenoxy) is 1. The Morgan fingerprint density at radius 2 is 2.06 bits per heavy atom. The molecule has 0 radical (unpaired) electrons. The highest BCUT2D eigenvalue weighted by atomic mass is 19.4. The van der Waals surface area contributed by atoms with Crippen LogP contribution in [0.25, 0.3) is 0 Å². The van der Waals surface area contributed by atoms with Crippen molar-refractivity contribution in [3.63, 3.8) is 0 Å². The minimum atomic E-state index is -4.46. The van der Waals surface area contributed by atoms with Gasteiger partial charge in [-0.25, -0.2) is 0 Å². The van der Waals surface area contributed by atoms with Crippen LogP contribution in [0.4, 0.5) is 13.2 Å². The Balaban J connectivity index is 2.66. The Morgan fingerprint density at radius 1 is 1.56 bits per heavy atom. The summed E-state index contributed by atoms with van der Waals surface area (Å²) in [6, 6.07) is -0.920. The van der Waals surface area contributed by atoms with Crippen molar-refractivity contribution in [1.82, 2.24) is 4.90 Å². The Morgan fingerprint density at radius 3 is 2.38 bits per heavy atom. The summed E-state index contributed by atoms with van der Waals surface area (Å²) in [7, 11) is 0. The molecule has 0 bridgehead atoms. The number of alkyl halides is 3. The third kappa shape index (κ3) is 2.15. The largest absolute Gasteiger partial charge is 0.480 e. The zero-order valence-electron chi connectivity index (χ0n) is 9.04. The molecule has 0 saturated carbocycles. The second kappa shape index (κ2) is 4.21. The van der Waals surface area contributed by atoms with Gasteiger partial charge in [0, 0.05) is 19.7 Å². The fourth-order valence-electron chi connectivity index (χ4n) is 1.67. The molecule has 1 atom stereocenters.